The van der Waals surface area contributed by atoms with Gasteiger partial charge < -0.3 is 0 Å². The van der Waals surface area contributed by atoms with E-state index in [0.29, 0.717) is 0 Å². The molecule has 0 heterocycles. The topological polar surface area (TPSA) is 23.8 Å². The second kappa shape index (κ2) is 35.1. The van der Waals surface area contributed by atoms with Crippen LogP contribution in [0.2, 0.25) is 11.6 Å². The Bertz CT molecular complexity index is 18.1. The van der Waals surface area contributed by atoms with Crippen molar-refractivity contribution in [2.45, 2.75) is 11.6 Å². The fourth-order valence-corrected chi connectivity index (χ4v) is 0. The van der Waals surface area contributed by atoms with Gasteiger partial charge in [-0.3, -0.25) is 0 Å². The van der Waals surface area contributed by atoms with E-state index in [0.717, 1.165) is 15.2 Å². The summed E-state index contributed by atoms with van der Waals surface area (Å²) in [7, 11) is 0. The van der Waals surface area contributed by atoms with E-state index in [9.17, 15) is 0 Å². The Morgan fingerprint density at radius 2 is 1.40 bits per heavy atom. The van der Waals surface area contributed by atoms with Crippen molar-refractivity contribution in [2.24, 2.45) is 0 Å². The largest absolute Gasteiger partial charge is 0.202 e. The lowest BCUT2D eigenvalue weighted by Gasteiger charge is -1.38. The molecule has 0 aliphatic heterocycles. The van der Waals surface area contributed by atoms with Gasteiger partial charge in [0.1, 0.15) is 0 Å². The first-order valence-electron chi connectivity index (χ1n) is 1.41. The van der Waals surface area contributed by atoms with E-state index in [2.05, 4.69) is 18.1 Å². The van der Waals surface area contributed by atoms with Crippen molar-refractivity contribution in [3.05, 3.63) is 0 Å². The molecule has 0 spiro atoms. The molecule has 5 heavy (non-hydrogen) atoms. The predicted octanol–water partition coefficient (Wildman–Crippen LogP) is 0.927. The average Bonchev–Trinajstić information content (AvgIpc) is 1.46. The van der Waals surface area contributed by atoms with Crippen LogP contribution >= 0.6 is 0 Å². The van der Waals surface area contributed by atoms with Crippen LogP contribution in [0.25, 0.3) is 0 Å². The molecule has 0 saturated carbocycles. The molecule has 1 radical (unpaired) electrons. The molecule has 0 aromatic carbocycles. The summed E-state index contributed by atoms with van der Waals surface area (Å²) in [4.78, 5) is 0. The van der Waals surface area contributed by atoms with Crippen molar-refractivity contribution < 1.29 is 0 Å². The molecule has 0 atom stereocenters. The molecule has 2 heteroatoms. The van der Waals surface area contributed by atoms with E-state index in [4.69, 9.17) is 5.26 Å². The van der Waals surface area contributed by atoms with Gasteiger partial charge in [-0.1, -0.05) is 0 Å². The molecule has 0 aliphatic carbocycles. The molecule has 0 aromatic rings. The minimum Gasteiger partial charge on any atom is -0.202 e. The monoisotopic (exact) mass is 84.0 g/mol. The molecule has 0 N–H and O–H groups in total. The van der Waals surface area contributed by atoms with Gasteiger partial charge in [-0.05, 0) is 0 Å². The minimum atomic E-state index is 0.750. The van der Waals surface area contributed by atoms with Crippen LogP contribution in [0, 0.1) is 11.8 Å². The summed E-state index contributed by atoms with van der Waals surface area (Å²) >= 11 is 0.750. The number of hydrogen-bond donors (Lipinski definition) is 0. The van der Waals surface area contributed by atoms with Crippen LogP contribution in [-0.4, -0.2) is 15.2 Å². The molecule has 0 rings (SSSR count). The highest BCUT2D eigenvalue weighted by Crippen LogP contribution is 1.36. The van der Waals surface area contributed by atoms with Crippen molar-refractivity contribution in [3.8, 4) is 6.57 Å². The van der Waals surface area contributed by atoms with Crippen molar-refractivity contribution in [1.29, 1.82) is 5.26 Å². The highest BCUT2D eigenvalue weighted by atomic mass is 27.1. The third kappa shape index (κ3) is 32600. The summed E-state index contributed by atoms with van der Waals surface area (Å²) < 4.78 is 0. The fourth-order valence-electron chi connectivity index (χ4n) is 0. The zero-order valence-corrected chi connectivity index (χ0v) is 4.76. The Labute approximate surface area is 39.3 Å². The Balaban J connectivity index is 0. The van der Waals surface area contributed by atoms with Gasteiger partial charge in [0.25, 0.3) is 0 Å². The minimum absolute atomic E-state index is 0.750. The highest BCUT2D eigenvalue weighted by molar-refractivity contribution is 6.31. The van der Waals surface area contributed by atoms with Gasteiger partial charge in [-0.15, -0.1) is 11.6 Å². The van der Waals surface area contributed by atoms with Gasteiger partial charge in [0.2, 0.25) is 0 Å². The van der Waals surface area contributed by atoms with E-state index in [1.54, 1.807) is 0 Å². The zero-order valence-electron chi connectivity index (χ0n) is 3.60. The number of nitrogens with zero attached hydrogens (tertiary/aromatic N) is 1. The van der Waals surface area contributed by atoms with Gasteiger partial charge in [0.15, 0.2) is 15.2 Å². The molecular formula is C3H7AlN. The van der Waals surface area contributed by atoms with Crippen LogP contribution in [0.15, 0.2) is 0 Å². The molecule has 1 nitrogen and oxygen atoms in total. The van der Waals surface area contributed by atoms with Gasteiger partial charge in [0.05, 0.1) is 0 Å². The third-order valence-corrected chi connectivity index (χ3v) is 0. The molecule has 0 saturated heterocycles. The molecular weight excluding hydrogens is 77.0 g/mol. The Hall–Kier alpha value is 0.0225. The first-order chi connectivity index (χ1) is 2.41. The van der Waals surface area contributed by atoms with Crippen LogP contribution in [-0.2, 0) is 0 Å². The van der Waals surface area contributed by atoms with E-state index < -0.39 is 0 Å². The number of hydrogen-bond acceptors (Lipinski definition) is 1. The predicted molar refractivity (Wildman–Crippen MR) is 24.2 cm³/mol. The average molecular weight is 84.1 g/mol. The Kier molecular flexibility index (Phi) is 62.5. The fraction of sp³-hybridized carbons (Fsp3) is 0.667. The number of rotatable bonds is 0. The van der Waals surface area contributed by atoms with Crippen LogP contribution in [0.5, 0.6) is 0 Å². The summed E-state index contributed by atoms with van der Waals surface area (Å²) in [5, 5.41) is 6.50. The van der Waals surface area contributed by atoms with Crippen molar-refractivity contribution in [1.82, 2.24) is 0 Å². The van der Waals surface area contributed by atoms with E-state index in [1.165, 1.54) is 0 Å². The first kappa shape index (κ1) is 8.90. The summed E-state index contributed by atoms with van der Waals surface area (Å²) in [6.07, 6.45) is 0. The maximum atomic E-state index is 6.50. The second-order valence-corrected chi connectivity index (χ2v) is 1.73. The second-order valence-electron chi connectivity index (χ2n) is 0.577. The summed E-state index contributed by atoms with van der Waals surface area (Å²) in [6, 6.07) is 0. The normalized spacial score (nSPS) is 3.20. The summed E-state index contributed by atoms with van der Waals surface area (Å²) in [5.74, 6) is 4.42. The molecule has 0 bridgehead atoms. The Morgan fingerprint density at radius 1 is 1.40 bits per heavy atom. The van der Waals surface area contributed by atoms with Crippen molar-refractivity contribution in [2.75, 3.05) is 0 Å². The molecule has 27 valence electrons. The molecule has 0 fully saturated rings. The maximum Gasteiger partial charge on any atom is 0.191 e. The van der Waals surface area contributed by atoms with Gasteiger partial charge in [-0.2, -0.15) is 0 Å². The lowest BCUT2D eigenvalue weighted by molar-refractivity contribution is 1.58. The van der Waals surface area contributed by atoms with E-state index in [-0.39, 0.29) is 0 Å². The van der Waals surface area contributed by atoms with Gasteiger partial charge in [0, 0.05) is 6.57 Å². The van der Waals surface area contributed by atoms with Crippen LogP contribution in [0.4, 0.5) is 0 Å². The summed E-state index contributed by atoms with van der Waals surface area (Å²) in [6.45, 7) is 3.50. The van der Waals surface area contributed by atoms with Gasteiger partial charge >= 0.3 is 0 Å². The van der Waals surface area contributed by atoms with E-state index >= 15 is 0 Å². The lowest BCUT2D eigenvalue weighted by atomic mass is 11.9. The third-order valence-electron chi connectivity index (χ3n) is 0. The number of nitriles is 1. The zero-order chi connectivity index (χ0) is 4.71. The SMILES string of the molecule is C#N.[CH3][Al][CH3]. The van der Waals surface area contributed by atoms with Crippen LogP contribution in [0.1, 0.15) is 0 Å². The quantitative estimate of drug-likeness (QED) is 0.400. The van der Waals surface area contributed by atoms with Gasteiger partial charge in [-0.25, -0.2) is 5.26 Å². The van der Waals surface area contributed by atoms with Crippen LogP contribution in [0.3, 0.4) is 0 Å². The van der Waals surface area contributed by atoms with Crippen molar-refractivity contribution >= 4 is 15.2 Å². The molecule has 0 amide bonds. The van der Waals surface area contributed by atoms with Crippen LogP contribution < -0.4 is 0 Å². The van der Waals surface area contributed by atoms with Crippen molar-refractivity contribution in [3.63, 3.8) is 0 Å². The molecule has 0 aromatic heterocycles. The van der Waals surface area contributed by atoms with E-state index in [1.807, 2.05) is 0 Å². The summed E-state index contributed by atoms with van der Waals surface area (Å²) in [5.41, 5.74) is 0. The lowest BCUT2D eigenvalue weighted by Crippen LogP contribution is -1.53. The first-order valence-corrected chi connectivity index (χ1v) is 3.72. The molecule has 0 unspecified atom stereocenters. The highest BCUT2D eigenvalue weighted by Gasteiger charge is 1.46. The maximum absolute atomic E-state index is 6.50. The Morgan fingerprint density at radius 3 is 1.40 bits per heavy atom. The standard InChI is InChI=1S/CHN.2CH3.Al/c1-2;;;/h1H;2*1H3;. The molecule has 0 aliphatic rings. The smallest absolute Gasteiger partial charge is 0.191 e.